The lowest BCUT2D eigenvalue weighted by atomic mass is 9.65. The molecule has 0 radical (unpaired) electrons. The molecular formula is C21H20FNO2. The van der Waals surface area contributed by atoms with Crippen LogP contribution in [0.5, 0.6) is 0 Å². The van der Waals surface area contributed by atoms with Crippen molar-refractivity contribution in [3.05, 3.63) is 71.0 Å². The molecule has 0 amide bonds. The second-order valence-corrected chi connectivity index (χ2v) is 6.79. The van der Waals surface area contributed by atoms with Gasteiger partial charge in [0.15, 0.2) is 0 Å². The summed E-state index contributed by atoms with van der Waals surface area (Å²) in [4.78, 5) is 12.1. The van der Waals surface area contributed by atoms with E-state index in [1.807, 2.05) is 24.3 Å². The first-order chi connectivity index (χ1) is 12.1. The van der Waals surface area contributed by atoms with E-state index in [0.717, 1.165) is 19.3 Å². The lowest BCUT2D eigenvalue weighted by molar-refractivity contribution is -0.145. The van der Waals surface area contributed by atoms with Crippen LogP contribution >= 0.6 is 0 Å². The van der Waals surface area contributed by atoms with Gasteiger partial charge in [0, 0.05) is 0 Å². The second kappa shape index (κ2) is 7.06. The third-order valence-corrected chi connectivity index (χ3v) is 5.38. The Morgan fingerprint density at radius 2 is 1.84 bits per heavy atom. The van der Waals surface area contributed by atoms with Crippen LogP contribution in [0, 0.1) is 23.1 Å². The van der Waals surface area contributed by atoms with Crippen molar-refractivity contribution in [3.63, 3.8) is 0 Å². The maximum atomic E-state index is 14.0. The highest BCUT2D eigenvalue weighted by Gasteiger charge is 2.45. The average Bonchev–Trinajstić information content (AvgIpc) is 2.63. The van der Waals surface area contributed by atoms with Gasteiger partial charge in [-0.3, -0.25) is 4.79 Å². The molecule has 0 aromatic heterocycles. The zero-order chi connectivity index (χ0) is 17.9. The number of carboxylic acid groups (broad SMARTS) is 1. The Labute approximate surface area is 146 Å². The predicted octanol–water partition coefficient (Wildman–Crippen LogP) is 4.45. The Morgan fingerprint density at radius 3 is 2.44 bits per heavy atom. The molecular weight excluding hydrogens is 317 g/mol. The van der Waals surface area contributed by atoms with Gasteiger partial charge < -0.3 is 5.11 Å². The summed E-state index contributed by atoms with van der Waals surface area (Å²) in [7, 11) is 0. The highest BCUT2D eigenvalue weighted by Crippen LogP contribution is 2.44. The van der Waals surface area contributed by atoms with Crippen LogP contribution in [0.25, 0.3) is 0 Å². The van der Waals surface area contributed by atoms with Gasteiger partial charge in [-0.1, -0.05) is 42.5 Å². The van der Waals surface area contributed by atoms with Crippen molar-refractivity contribution in [2.75, 3.05) is 0 Å². The molecule has 3 nitrogen and oxygen atoms in total. The molecule has 0 heterocycles. The highest BCUT2D eigenvalue weighted by atomic mass is 19.1. The molecule has 0 aliphatic heterocycles. The van der Waals surface area contributed by atoms with Gasteiger partial charge in [0.05, 0.1) is 11.0 Å². The van der Waals surface area contributed by atoms with Crippen molar-refractivity contribution in [2.24, 2.45) is 5.92 Å². The Morgan fingerprint density at radius 1 is 1.16 bits per heavy atom. The van der Waals surface area contributed by atoms with Crippen molar-refractivity contribution in [1.82, 2.24) is 0 Å². The van der Waals surface area contributed by atoms with Crippen molar-refractivity contribution in [3.8, 4) is 6.07 Å². The summed E-state index contributed by atoms with van der Waals surface area (Å²) >= 11 is 0. The number of carbonyl (C=O) groups is 1. The third kappa shape index (κ3) is 3.28. The fourth-order valence-corrected chi connectivity index (χ4v) is 3.96. The predicted molar refractivity (Wildman–Crippen MR) is 92.5 cm³/mol. The van der Waals surface area contributed by atoms with Gasteiger partial charge >= 0.3 is 5.97 Å². The summed E-state index contributed by atoms with van der Waals surface area (Å²) in [5.74, 6) is -1.20. The van der Waals surface area contributed by atoms with E-state index in [1.165, 1.54) is 17.7 Å². The average molecular weight is 337 g/mol. The third-order valence-electron chi connectivity index (χ3n) is 5.38. The zero-order valence-corrected chi connectivity index (χ0v) is 13.9. The van der Waals surface area contributed by atoms with Gasteiger partial charge in [-0.2, -0.15) is 5.26 Å². The minimum atomic E-state index is -1.17. The largest absolute Gasteiger partial charge is 0.481 e. The molecule has 0 bridgehead atoms. The number of rotatable bonds is 4. The lowest BCUT2D eigenvalue weighted by Crippen LogP contribution is -2.40. The summed E-state index contributed by atoms with van der Waals surface area (Å²) in [6.07, 6.45) is 3.28. The van der Waals surface area contributed by atoms with Gasteiger partial charge in [0.1, 0.15) is 11.9 Å². The van der Waals surface area contributed by atoms with E-state index in [9.17, 15) is 19.6 Å². The number of nitrogens with zero attached hydrogens (tertiary/aromatic N) is 1. The first-order valence-electron chi connectivity index (χ1n) is 8.53. The molecule has 1 saturated carbocycles. The summed E-state index contributed by atoms with van der Waals surface area (Å²) in [5.41, 5.74) is 0.270. The van der Waals surface area contributed by atoms with E-state index in [0.29, 0.717) is 24.3 Å². The Hall–Kier alpha value is -2.67. The molecule has 4 heteroatoms. The van der Waals surface area contributed by atoms with Gasteiger partial charge in [-0.25, -0.2) is 4.39 Å². The van der Waals surface area contributed by atoms with Crippen LogP contribution in [0.15, 0.2) is 48.5 Å². The van der Waals surface area contributed by atoms with E-state index < -0.39 is 17.2 Å². The summed E-state index contributed by atoms with van der Waals surface area (Å²) in [6, 6.07) is 16.3. The summed E-state index contributed by atoms with van der Waals surface area (Å²) in [5, 5.41) is 19.2. The Bertz CT molecular complexity index is 802. The van der Waals surface area contributed by atoms with E-state index in [-0.39, 0.29) is 5.56 Å². The molecule has 2 aromatic carbocycles. The number of hydrogen-bond donors (Lipinski definition) is 1. The summed E-state index contributed by atoms with van der Waals surface area (Å²) in [6.45, 7) is 0. The van der Waals surface area contributed by atoms with Crippen LogP contribution in [0.1, 0.15) is 42.4 Å². The van der Waals surface area contributed by atoms with Crippen LogP contribution in [0.2, 0.25) is 0 Å². The Kier molecular flexibility index (Phi) is 4.85. The normalized spacial score (nSPS) is 23.0. The monoisotopic (exact) mass is 337 g/mol. The van der Waals surface area contributed by atoms with Crippen molar-refractivity contribution >= 4 is 5.97 Å². The second-order valence-electron chi connectivity index (χ2n) is 6.79. The molecule has 1 aliphatic carbocycles. The quantitative estimate of drug-likeness (QED) is 0.896. The van der Waals surface area contributed by atoms with E-state index in [2.05, 4.69) is 12.1 Å². The van der Waals surface area contributed by atoms with Gasteiger partial charge in [0.2, 0.25) is 0 Å². The van der Waals surface area contributed by atoms with Crippen molar-refractivity contribution in [1.29, 1.82) is 5.26 Å². The van der Waals surface area contributed by atoms with Gasteiger partial charge in [0.25, 0.3) is 0 Å². The number of halogens is 1. The van der Waals surface area contributed by atoms with Gasteiger partial charge in [-0.15, -0.1) is 0 Å². The minimum absolute atomic E-state index is 0.133. The van der Waals surface area contributed by atoms with Crippen LogP contribution in [-0.4, -0.2) is 11.1 Å². The smallest absolute Gasteiger partial charge is 0.314 e. The molecule has 0 atom stereocenters. The zero-order valence-electron chi connectivity index (χ0n) is 13.9. The first kappa shape index (κ1) is 17.2. The maximum Gasteiger partial charge on any atom is 0.314 e. The fraction of sp³-hybridized carbons (Fsp3) is 0.333. The van der Waals surface area contributed by atoms with Crippen LogP contribution in [0.3, 0.4) is 0 Å². The molecule has 0 spiro atoms. The molecule has 1 aliphatic rings. The molecule has 1 N–H and O–H groups in total. The molecule has 128 valence electrons. The first-order valence-corrected chi connectivity index (χ1v) is 8.53. The maximum absolute atomic E-state index is 14.0. The molecule has 3 rings (SSSR count). The lowest BCUT2D eigenvalue weighted by Gasteiger charge is -2.37. The standard InChI is InChI=1S/C21H20FNO2/c22-19-8-4-7-18(17(19)14-23)21(20(24)25)11-9-16(10-12-21)13-15-5-2-1-3-6-15/h1-8,16H,9-13H2,(H,24,25). The van der Waals surface area contributed by atoms with E-state index in [1.54, 1.807) is 6.07 Å². The van der Waals surface area contributed by atoms with Crippen molar-refractivity contribution in [2.45, 2.75) is 37.5 Å². The SMILES string of the molecule is N#Cc1c(F)cccc1C1(C(=O)O)CCC(Cc2ccccc2)CC1. The summed E-state index contributed by atoms with van der Waals surface area (Å²) < 4.78 is 14.0. The number of nitriles is 1. The number of hydrogen-bond acceptors (Lipinski definition) is 2. The Balaban J connectivity index is 1.84. The molecule has 0 saturated heterocycles. The van der Waals surface area contributed by atoms with Crippen LogP contribution < -0.4 is 0 Å². The van der Waals surface area contributed by atoms with Crippen LogP contribution in [-0.2, 0) is 16.6 Å². The highest BCUT2D eigenvalue weighted by molar-refractivity contribution is 5.82. The minimum Gasteiger partial charge on any atom is -0.481 e. The fourth-order valence-electron chi connectivity index (χ4n) is 3.96. The van der Waals surface area contributed by atoms with Gasteiger partial charge in [-0.05, 0) is 55.2 Å². The molecule has 25 heavy (non-hydrogen) atoms. The number of benzene rings is 2. The molecule has 0 unspecified atom stereocenters. The van der Waals surface area contributed by atoms with Crippen molar-refractivity contribution < 1.29 is 14.3 Å². The molecule has 2 aromatic rings. The topological polar surface area (TPSA) is 61.1 Å². The number of carboxylic acids is 1. The molecule has 1 fully saturated rings. The van der Waals surface area contributed by atoms with Crippen LogP contribution in [0.4, 0.5) is 4.39 Å². The van der Waals surface area contributed by atoms with E-state index >= 15 is 0 Å². The van der Waals surface area contributed by atoms with E-state index in [4.69, 9.17) is 0 Å². The number of aliphatic carboxylic acids is 1.